The van der Waals surface area contributed by atoms with E-state index in [0.29, 0.717) is 49.3 Å². The summed E-state index contributed by atoms with van der Waals surface area (Å²) in [7, 11) is 0. The number of amides is 3. The summed E-state index contributed by atoms with van der Waals surface area (Å²) in [5, 5.41) is 14.6. The molecule has 10 heteroatoms. The number of likely N-dealkylation sites (tertiary alicyclic amines) is 1. The van der Waals surface area contributed by atoms with Crippen LogP contribution < -0.4 is 5.32 Å². The van der Waals surface area contributed by atoms with E-state index in [2.05, 4.69) is 24.1 Å². The second-order valence-corrected chi connectivity index (χ2v) is 11.7. The molecule has 0 aromatic carbocycles. The molecular formula is C28H38F2N4O4. The molecular weight excluding hydrogens is 494 g/mol. The fourth-order valence-corrected chi connectivity index (χ4v) is 7.15. The van der Waals surface area contributed by atoms with Gasteiger partial charge in [-0.2, -0.15) is 0 Å². The number of nitrogens with zero attached hydrogens (tertiary/aromatic N) is 3. The Hall–Kier alpha value is -2.46. The molecule has 5 rings (SSSR count). The minimum absolute atomic E-state index is 0.0459. The Morgan fingerprint density at radius 2 is 1.79 bits per heavy atom. The fraction of sp³-hybridized carbons (Fsp3) is 0.714. The van der Waals surface area contributed by atoms with E-state index < -0.39 is 28.9 Å². The van der Waals surface area contributed by atoms with Gasteiger partial charge in [-0.15, -0.1) is 0 Å². The maximum atomic E-state index is 13.7. The Balaban J connectivity index is 1.34. The summed E-state index contributed by atoms with van der Waals surface area (Å²) >= 11 is 0. The summed E-state index contributed by atoms with van der Waals surface area (Å²) < 4.78 is 27.3. The van der Waals surface area contributed by atoms with Crippen LogP contribution in [-0.4, -0.2) is 69.2 Å². The van der Waals surface area contributed by atoms with E-state index in [4.69, 9.17) is 4.98 Å². The number of carbonyl (C=O) groups is 3. The average molecular weight is 533 g/mol. The van der Waals surface area contributed by atoms with Crippen molar-refractivity contribution in [3.8, 4) is 0 Å². The van der Waals surface area contributed by atoms with Crippen LogP contribution >= 0.6 is 0 Å². The first-order valence-electron chi connectivity index (χ1n) is 14.0. The van der Waals surface area contributed by atoms with E-state index in [1.165, 1.54) is 4.90 Å². The number of aromatic nitrogens is 1. The number of fused-ring (bicyclic) bond motifs is 1. The molecule has 3 amide bonds. The zero-order valence-corrected chi connectivity index (χ0v) is 22.3. The van der Waals surface area contributed by atoms with Crippen molar-refractivity contribution in [1.82, 2.24) is 20.1 Å². The summed E-state index contributed by atoms with van der Waals surface area (Å²) in [6.45, 7) is 6.37. The first kappa shape index (κ1) is 27.1. The van der Waals surface area contributed by atoms with Crippen LogP contribution in [0.1, 0.15) is 93.4 Å². The lowest BCUT2D eigenvalue weighted by atomic mass is 9.62. The van der Waals surface area contributed by atoms with Gasteiger partial charge in [0.2, 0.25) is 17.7 Å². The van der Waals surface area contributed by atoms with Crippen LogP contribution in [0.2, 0.25) is 0 Å². The van der Waals surface area contributed by atoms with Crippen LogP contribution in [0.15, 0.2) is 12.1 Å². The highest BCUT2D eigenvalue weighted by Crippen LogP contribution is 2.51. The molecule has 38 heavy (non-hydrogen) atoms. The van der Waals surface area contributed by atoms with E-state index >= 15 is 0 Å². The van der Waals surface area contributed by atoms with Crippen LogP contribution in [0.4, 0.5) is 8.78 Å². The Morgan fingerprint density at radius 1 is 1.08 bits per heavy atom. The fourth-order valence-electron chi connectivity index (χ4n) is 7.15. The third-order valence-electron chi connectivity index (χ3n) is 9.70. The van der Waals surface area contributed by atoms with Gasteiger partial charge in [0.15, 0.2) is 0 Å². The number of hydrogen-bond donors (Lipinski definition) is 2. The number of piperidine rings is 2. The molecule has 0 radical (unpaired) electrons. The van der Waals surface area contributed by atoms with E-state index in [1.54, 1.807) is 12.1 Å². The summed E-state index contributed by atoms with van der Waals surface area (Å²) in [4.78, 5) is 45.7. The van der Waals surface area contributed by atoms with Crippen molar-refractivity contribution in [3.05, 3.63) is 29.1 Å². The molecule has 0 bridgehead atoms. The molecule has 1 saturated carbocycles. The lowest BCUT2D eigenvalue weighted by Gasteiger charge is -2.54. The number of aliphatic hydroxyl groups is 1. The monoisotopic (exact) mass is 532 g/mol. The highest BCUT2D eigenvalue weighted by atomic mass is 19.3. The zero-order valence-electron chi connectivity index (χ0n) is 22.3. The van der Waals surface area contributed by atoms with Gasteiger partial charge in [-0.1, -0.05) is 13.8 Å². The lowest BCUT2D eigenvalue weighted by molar-refractivity contribution is -0.152. The molecule has 0 spiro atoms. The van der Waals surface area contributed by atoms with Crippen molar-refractivity contribution in [2.24, 2.45) is 11.3 Å². The second kappa shape index (κ2) is 9.93. The topological polar surface area (TPSA) is 103 Å². The van der Waals surface area contributed by atoms with Gasteiger partial charge < -0.3 is 14.9 Å². The molecule has 208 valence electrons. The minimum atomic E-state index is -2.54. The Morgan fingerprint density at radius 3 is 2.45 bits per heavy atom. The summed E-state index contributed by atoms with van der Waals surface area (Å²) in [6.07, 6.45) is 3.35. The molecule has 4 aliphatic rings. The number of alkyl halides is 2. The minimum Gasteiger partial charge on any atom is -0.383 e. The highest BCUT2D eigenvalue weighted by Gasteiger charge is 2.54. The number of carbonyl (C=O) groups excluding carboxylic acids is 3. The van der Waals surface area contributed by atoms with Gasteiger partial charge in [-0.25, -0.2) is 8.78 Å². The van der Waals surface area contributed by atoms with Gasteiger partial charge in [0.1, 0.15) is 11.6 Å². The van der Waals surface area contributed by atoms with Gasteiger partial charge >= 0.3 is 0 Å². The predicted octanol–water partition coefficient (Wildman–Crippen LogP) is 3.37. The number of hydrogen-bond acceptors (Lipinski definition) is 6. The second-order valence-electron chi connectivity index (χ2n) is 11.7. The maximum absolute atomic E-state index is 13.7. The number of nitrogens with one attached hydrogen (secondary N) is 1. The van der Waals surface area contributed by atoms with Gasteiger partial charge in [-0.3, -0.25) is 24.7 Å². The van der Waals surface area contributed by atoms with Crippen molar-refractivity contribution in [2.45, 2.75) is 95.7 Å². The molecule has 3 aliphatic heterocycles. The van der Waals surface area contributed by atoms with Gasteiger partial charge in [0.25, 0.3) is 5.91 Å². The van der Waals surface area contributed by atoms with Gasteiger partial charge in [-0.05, 0) is 56.6 Å². The number of pyridine rings is 1. The molecule has 2 N–H and O–H groups in total. The normalized spacial score (nSPS) is 29.9. The summed E-state index contributed by atoms with van der Waals surface area (Å²) in [6, 6.07) is 2.73. The Bertz CT molecular complexity index is 1110. The van der Waals surface area contributed by atoms with Gasteiger partial charge in [0.05, 0.1) is 23.5 Å². The number of rotatable bonds is 6. The van der Waals surface area contributed by atoms with Crippen LogP contribution in [0.3, 0.4) is 0 Å². The maximum Gasteiger partial charge on any atom is 0.256 e. The summed E-state index contributed by atoms with van der Waals surface area (Å²) in [5.41, 5.74) is -0.177. The van der Waals surface area contributed by atoms with Crippen LogP contribution in [-0.2, 0) is 21.7 Å². The number of imide groups is 1. The largest absolute Gasteiger partial charge is 0.383 e. The SMILES string of the molecule is CCC1(CC)CN(CC2CCC(F)(F)CC2)CCC1(O)c1ccc2c(n1)CN(C1CCC(=O)NC1=O)C2=O. The third-order valence-corrected chi connectivity index (χ3v) is 9.70. The van der Waals surface area contributed by atoms with Crippen molar-refractivity contribution >= 4 is 17.7 Å². The third kappa shape index (κ3) is 4.63. The van der Waals surface area contributed by atoms with Crippen molar-refractivity contribution in [3.63, 3.8) is 0 Å². The molecule has 1 aromatic rings. The number of halogens is 2. The molecule has 2 atom stereocenters. The zero-order chi connectivity index (χ0) is 27.3. The molecule has 2 saturated heterocycles. The van der Waals surface area contributed by atoms with E-state index in [0.717, 1.165) is 19.4 Å². The van der Waals surface area contributed by atoms with Crippen LogP contribution in [0.5, 0.6) is 0 Å². The van der Waals surface area contributed by atoms with Crippen molar-refractivity contribution in [1.29, 1.82) is 0 Å². The smallest absolute Gasteiger partial charge is 0.256 e. The quantitative estimate of drug-likeness (QED) is 0.545. The first-order chi connectivity index (χ1) is 18.0. The molecule has 4 heterocycles. The molecule has 1 aromatic heterocycles. The van der Waals surface area contributed by atoms with Crippen molar-refractivity contribution in [2.75, 3.05) is 19.6 Å². The van der Waals surface area contributed by atoms with E-state index in [1.807, 2.05) is 0 Å². The Kier molecular flexibility index (Phi) is 7.09. The first-order valence-corrected chi connectivity index (χ1v) is 14.0. The lowest BCUT2D eigenvalue weighted by Crippen LogP contribution is -2.58. The predicted molar refractivity (Wildman–Crippen MR) is 135 cm³/mol. The molecule has 8 nitrogen and oxygen atoms in total. The standard InChI is InChI=1S/C28H38F2N4O4/c1-3-26(4-2)17-33(15-18-9-11-27(29,30)12-10-18)14-13-28(26,38)22-7-5-19-20(31-22)16-34(25(19)37)21-6-8-23(35)32-24(21)36/h5,7,18,21,38H,3-4,6,8-17H2,1-2H3,(H,32,35,36). The molecule has 1 aliphatic carbocycles. The van der Waals surface area contributed by atoms with Crippen molar-refractivity contribution < 1.29 is 28.3 Å². The van der Waals surface area contributed by atoms with E-state index in [-0.39, 0.29) is 50.0 Å². The van der Waals surface area contributed by atoms with E-state index in [9.17, 15) is 28.3 Å². The summed E-state index contributed by atoms with van der Waals surface area (Å²) in [5.74, 6) is -3.38. The van der Waals surface area contributed by atoms with Crippen LogP contribution in [0.25, 0.3) is 0 Å². The van der Waals surface area contributed by atoms with Gasteiger partial charge in [0, 0.05) is 44.3 Å². The van der Waals surface area contributed by atoms with Crippen LogP contribution in [0, 0.1) is 11.3 Å². The highest BCUT2D eigenvalue weighted by molar-refractivity contribution is 6.05. The molecule has 3 fully saturated rings. The Labute approximate surface area is 222 Å². The average Bonchev–Trinajstić information content (AvgIpc) is 3.22. The molecule has 2 unspecified atom stereocenters.